The highest BCUT2D eigenvalue weighted by atomic mass is 19.4. The lowest BCUT2D eigenvalue weighted by Crippen LogP contribution is -2.43. The number of nitrogens with one attached hydrogen (secondary N) is 2. The van der Waals surface area contributed by atoms with Crippen molar-refractivity contribution in [1.82, 2.24) is 10.6 Å². The quantitative estimate of drug-likeness (QED) is 0.451. The third kappa shape index (κ3) is 8.95. The number of hydrogen-bond acceptors (Lipinski definition) is 3. The standard InChI is InChI=1S/C11H15F3N2O4/c1-2-3-4-7(10(19)20)16-9(18)5-8(17)15-6-11(12,13)14/h2,7H,1,3-6H2,(H,15,17)(H,16,18)(H,19,20). The maximum absolute atomic E-state index is 11.8. The van der Waals surface area contributed by atoms with E-state index < -0.39 is 43.0 Å². The fraction of sp³-hybridized carbons (Fsp3) is 0.545. The smallest absolute Gasteiger partial charge is 0.405 e. The zero-order chi connectivity index (χ0) is 15.8. The van der Waals surface area contributed by atoms with Gasteiger partial charge in [0.15, 0.2) is 0 Å². The summed E-state index contributed by atoms with van der Waals surface area (Å²) >= 11 is 0. The molecular weight excluding hydrogens is 281 g/mol. The van der Waals surface area contributed by atoms with E-state index in [9.17, 15) is 27.6 Å². The molecule has 0 saturated heterocycles. The lowest BCUT2D eigenvalue weighted by Gasteiger charge is -2.13. The minimum absolute atomic E-state index is 0.0781. The van der Waals surface area contributed by atoms with E-state index in [0.717, 1.165) is 0 Å². The highest BCUT2D eigenvalue weighted by molar-refractivity contribution is 5.98. The summed E-state index contributed by atoms with van der Waals surface area (Å²) in [4.78, 5) is 33.1. The Kier molecular flexibility index (Phi) is 7.34. The van der Waals surface area contributed by atoms with E-state index >= 15 is 0 Å². The largest absolute Gasteiger partial charge is 0.480 e. The highest BCUT2D eigenvalue weighted by Gasteiger charge is 2.28. The number of carbonyl (C=O) groups excluding carboxylic acids is 2. The van der Waals surface area contributed by atoms with E-state index in [4.69, 9.17) is 5.11 Å². The number of hydrogen-bond donors (Lipinski definition) is 3. The van der Waals surface area contributed by atoms with Crippen molar-refractivity contribution in [2.75, 3.05) is 6.54 Å². The second kappa shape index (κ2) is 8.18. The summed E-state index contributed by atoms with van der Waals surface area (Å²) in [5, 5.41) is 12.4. The Hall–Kier alpha value is -2.06. The summed E-state index contributed by atoms with van der Waals surface area (Å²) in [6, 6.07) is -1.21. The van der Waals surface area contributed by atoms with Crippen LogP contribution in [-0.2, 0) is 14.4 Å². The first-order valence-electron chi connectivity index (χ1n) is 5.62. The van der Waals surface area contributed by atoms with Crippen LogP contribution < -0.4 is 10.6 Å². The summed E-state index contributed by atoms with van der Waals surface area (Å²) in [6.07, 6.45) is -3.57. The molecule has 0 bridgehead atoms. The molecule has 0 spiro atoms. The van der Waals surface area contributed by atoms with Crippen LogP contribution in [0.5, 0.6) is 0 Å². The highest BCUT2D eigenvalue weighted by Crippen LogP contribution is 2.12. The number of aliphatic carboxylic acids is 1. The van der Waals surface area contributed by atoms with Gasteiger partial charge in [-0.05, 0) is 12.8 Å². The summed E-state index contributed by atoms with van der Waals surface area (Å²) in [7, 11) is 0. The van der Waals surface area contributed by atoms with Crippen LogP contribution in [0.4, 0.5) is 13.2 Å². The molecule has 1 atom stereocenters. The van der Waals surface area contributed by atoms with Crippen molar-refractivity contribution < 1.29 is 32.7 Å². The Morgan fingerprint density at radius 3 is 2.30 bits per heavy atom. The van der Waals surface area contributed by atoms with E-state index in [-0.39, 0.29) is 6.42 Å². The van der Waals surface area contributed by atoms with Crippen LogP contribution in [0.25, 0.3) is 0 Å². The lowest BCUT2D eigenvalue weighted by molar-refractivity contribution is -0.144. The fourth-order valence-corrected chi connectivity index (χ4v) is 1.19. The van der Waals surface area contributed by atoms with Crippen molar-refractivity contribution >= 4 is 17.8 Å². The third-order valence-corrected chi connectivity index (χ3v) is 2.10. The number of rotatable bonds is 8. The van der Waals surface area contributed by atoms with Gasteiger partial charge in [-0.15, -0.1) is 6.58 Å². The Balaban J connectivity index is 4.21. The second-order valence-corrected chi connectivity index (χ2v) is 3.89. The molecule has 20 heavy (non-hydrogen) atoms. The van der Waals surface area contributed by atoms with Crippen molar-refractivity contribution in [3.8, 4) is 0 Å². The van der Waals surface area contributed by atoms with Crippen molar-refractivity contribution in [3.05, 3.63) is 12.7 Å². The summed E-state index contributed by atoms with van der Waals surface area (Å²) < 4.78 is 35.4. The molecule has 0 aromatic carbocycles. The van der Waals surface area contributed by atoms with Crippen LogP contribution in [0.2, 0.25) is 0 Å². The van der Waals surface area contributed by atoms with Crippen LogP contribution in [0.3, 0.4) is 0 Å². The van der Waals surface area contributed by atoms with Crippen molar-refractivity contribution in [2.45, 2.75) is 31.5 Å². The molecule has 2 amide bonds. The SMILES string of the molecule is C=CCCC(NC(=O)CC(=O)NCC(F)(F)F)C(=O)O. The van der Waals surface area contributed by atoms with Gasteiger partial charge in [0.1, 0.15) is 19.0 Å². The number of alkyl halides is 3. The molecule has 0 heterocycles. The van der Waals surface area contributed by atoms with Gasteiger partial charge in [0.2, 0.25) is 11.8 Å². The first-order valence-corrected chi connectivity index (χ1v) is 5.62. The molecule has 0 aromatic rings. The molecule has 0 aliphatic heterocycles. The Morgan fingerprint density at radius 2 is 1.85 bits per heavy atom. The average Bonchev–Trinajstić information content (AvgIpc) is 2.30. The molecule has 6 nitrogen and oxygen atoms in total. The van der Waals surface area contributed by atoms with Crippen LogP contribution in [0.1, 0.15) is 19.3 Å². The van der Waals surface area contributed by atoms with Gasteiger partial charge in [-0.1, -0.05) is 6.08 Å². The summed E-state index contributed by atoms with van der Waals surface area (Å²) in [6.45, 7) is 1.85. The van der Waals surface area contributed by atoms with Gasteiger partial charge < -0.3 is 15.7 Å². The van der Waals surface area contributed by atoms with E-state index in [2.05, 4.69) is 11.9 Å². The van der Waals surface area contributed by atoms with E-state index in [0.29, 0.717) is 6.42 Å². The van der Waals surface area contributed by atoms with Crippen molar-refractivity contribution in [3.63, 3.8) is 0 Å². The first-order chi connectivity index (χ1) is 9.15. The molecule has 0 aliphatic rings. The van der Waals surface area contributed by atoms with E-state index in [1.807, 2.05) is 0 Å². The third-order valence-electron chi connectivity index (χ3n) is 2.10. The molecule has 114 valence electrons. The number of halogens is 3. The zero-order valence-electron chi connectivity index (χ0n) is 10.5. The Bertz CT molecular complexity index is 382. The number of amides is 2. The number of carbonyl (C=O) groups is 3. The molecular formula is C11H15F3N2O4. The van der Waals surface area contributed by atoms with Gasteiger partial charge in [-0.25, -0.2) is 4.79 Å². The minimum atomic E-state index is -4.57. The van der Waals surface area contributed by atoms with Gasteiger partial charge in [-0.2, -0.15) is 13.2 Å². The van der Waals surface area contributed by atoms with Gasteiger partial charge in [-0.3, -0.25) is 9.59 Å². The molecule has 0 radical (unpaired) electrons. The van der Waals surface area contributed by atoms with E-state index in [1.165, 1.54) is 11.4 Å². The van der Waals surface area contributed by atoms with E-state index in [1.54, 1.807) is 0 Å². The number of carboxylic acids is 1. The topological polar surface area (TPSA) is 95.5 Å². The molecule has 0 fully saturated rings. The molecule has 9 heteroatoms. The Morgan fingerprint density at radius 1 is 1.25 bits per heavy atom. The lowest BCUT2D eigenvalue weighted by atomic mass is 10.1. The van der Waals surface area contributed by atoms with Crippen molar-refractivity contribution in [1.29, 1.82) is 0 Å². The van der Waals surface area contributed by atoms with Crippen LogP contribution in [0.15, 0.2) is 12.7 Å². The van der Waals surface area contributed by atoms with Crippen LogP contribution in [-0.4, -0.2) is 41.7 Å². The monoisotopic (exact) mass is 296 g/mol. The Labute approximate surface area is 113 Å². The zero-order valence-corrected chi connectivity index (χ0v) is 10.5. The molecule has 0 aromatic heterocycles. The van der Waals surface area contributed by atoms with Gasteiger partial charge in [0, 0.05) is 0 Å². The first kappa shape index (κ1) is 17.9. The predicted molar refractivity (Wildman–Crippen MR) is 62.7 cm³/mol. The summed E-state index contributed by atoms with van der Waals surface area (Å²) in [5.74, 6) is -3.38. The molecule has 0 rings (SSSR count). The fourth-order valence-electron chi connectivity index (χ4n) is 1.19. The second-order valence-electron chi connectivity index (χ2n) is 3.89. The van der Waals surface area contributed by atoms with Crippen LogP contribution >= 0.6 is 0 Å². The molecule has 0 saturated carbocycles. The van der Waals surface area contributed by atoms with Crippen molar-refractivity contribution in [2.24, 2.45) is 0 Å². The molecule has 1 unspecified atom stereocenters. The normalized spacial score (nSPS) is 12.3. The van der Waals surface area contributed by atoms with Gasteiger partial charge in [0.25, 0.3) is 0 Å². The number of carboxylic acid groups (broad SMARTS) is 1. The van der Waals surface area contributed by atoms with Gasteiger partial charge in [0.05, 0.1) is 0 Å². The van der Waals surface area contributed by atoms with Gasteiger partial charge >= 0.3 is 12.1 Å². The summed E-state index contributed by atoms with van der Waals surface area (Å²) in [5.41, 5.74) is 0. The average molecular weight is 296 g/mol. The van der Waals surface area contributed by atoms with Crippen LogP contribution in [0, 0.1) is 0 Å². The molecule has 0 aliphatic carbocycles. The molecule has 3 N–H and O–H groups in total. The maximum Gasteiger partial charge on any atom is 0.405 e. The number of allylic oxidation sites excluding steroid dienone is 1. The maximum atomic E-state index is 11.8. The minimum Gasteiger partial charge on any atom is -0.480 e. The predicted octanol–water partition coefficient (Wildman–Crippen LogP) is 0.591.